The maximum atomic E-state index is 5.37. The second-order valence-electron chi connectivity index (χ2n) is 3.08. The average molecular weight is 221 g/mol. The van der Waals surface area contributed by atoms with Crippen molar-refractivity contribution in [2.75, 3.05) is 20.0 Å². The van der Waals surface area contributed by atoms with Crippen LogP contribution in [0, 0.1) is 0 Å². The van der Waals surface area contributed by atoms with Crippen molar-refractivity contribution in [3.05, 3.63) is 0 Å². The van der Waals surface area contributed by atoms with Gasteiger partial charge in [-0.05, 0) is 25.0 Å². The Hall–Kier alpha value is 0.487. The van der Waals surface area contributed by atoms with Crippen LogP contribution in [0.4, 0.5) is 0 Å². The molecule has 0 bridgehead atoms. The zero-order chi connectivity index (χ0) is 10.1. The van der Waals surface area contributed by atoms with Crippen molar-refractivity contribution in [3.63, 3.8) is 0 Å². The smallest absolute Gasteiger partial charge is 0.387 e. The Morgan fingerprint density at radius 2 is 1.85 bits per heavy atom. The molecule has 0 saturated heterocycles. The van der Waals surface area contributed by atoms with Gasteiger partial charge in [-0.1, -0.05) is 13.3 Å². The van der Waals surface area contributed by atoms with Gasteiger partial charge in [-0.3, -0.25) is 0 Å². The van der Waals surface area contributed by atoms with Gasteiger partial charge in [-0.15, -0.1) is 0 Å². The first-order chi connectivity index (χ1) is 6.29. The Kier molecular flexibility index (Phi) is 9.40. The summed E-state index contributed by atoms with van der Waals surface area (Å²) < 4.78 is 10.7. The van der Waals surface area contributed by atoms with Gasteiger partial charge in [0.2, 0.25) is 0 Å². The molecule has 0 aromatic carbocycles. The zero-order valence-electron chi connectivity index (χ0n) is 8.88. The van der Waals surface area contributed by atoms with E-state index in [2.05, 4.69) is 19.6 Å². The number of thiol groups is 1. The maximum absolute atomic E-state index is 5.37. The molecule has 0 spiro atoms. The maximum Gasteiger partial charge on any atom is 0.387 e. The lowest BCUT2D eigenvalue weighted by molar-refractivity contribution is 0.259. The van der Waals surface area contributed by atoms with Crippen molar-refractivity contribution >= 4 is 21.9 Å². The number of hydrogen-bond donors (Lipinski definition) is 1. The highest BCUT2D eigenvalue weighted by molar-refractivity contribution is 7.80. The molecule has 0 fully saturated rings. The van der Waals surface area contributed by atoms with Gasteiger partial charge >= 0.3 is 9.28 Å². The van der Waals surface area contributed by atoms with Gasteiger partial charge in [0.1, 0.15) is 0 Å². The molecule has 0 rings (SSSR count). The first-order valence-corrected chi connectivity index (χ1v) is 6.88. The van der Waals surface area contributed by atoms with Gasteiger partial charge in [0, 0.05) is 19.8 Å². The highest BCUT2D eigenvalue weighted by atomic mass is 32.1. The SMILES string of the molecule is CCCC(CCCS)[Si](OC)OC. The van der Waals surface area contributed by atoms with Gasteiger partial charge in [0.15, 0.2) is 0 Å². The molecule has 1 radical (unpaired) electrons. The molecule has 1 atom stereocenters. The fourth-order valence-electron chi connectivity index (χ4n) is 1.48. The van der Waals surface area contributed by atoms with Crippen LogP contribution in [0.1, 0.15) is 32.6 Å². The lowest BCUT2D eigenvalue weighted by Gasteiger charge is -2.20. The fourth-order valence-corrected chi connectivity index (χ4v) is 3.46. The van der Waals surface area contributed by atoms with Gasteiger partial charge in [-0.25, -0.2) is 0 Å². The minimum Gasteiger partial charge on any atom is -0.397 e. The normalized spacial score (nSPS) is 13.6. The zero-order valence-corrected chi connectivity index (χ0v) is 10.8. The van der Waals surface area contributed by atoms with Gasteiger partial charge in [0.25, 0.3) is 0 Å². The molecular formula is C9H21O2SSi. The Morgan fingerprint density at radius 1 is 1.23 bits per heavy atom. The number of hydrogen-bond acceptors (Lipinski definition) is 3. The van der Waals surface area contributed by atoms with Gasteiger partial charge in [-0.2, -0.15) is 12.6 Å². The van der Waals surface area contributed by atoms with E-state index in [0.29, 0.717) is 5.54 Å². The van der Waals surface area contributed by atoms with Crippen LogP contribution in [0.3, 0.4) is 0 Å². The Morgan fingerprint density at radius 3 is 2.23 bits per heavy atom. The minimum atomic E-state index is -1.03. The van der Waals surface area contributed by atoms with E-state index in [1.165, 1.54) is 19.3 Å². The summed E-state index contributed by atoms with van der Waals surface area (Å²) in [4.78, 5) is 0. The molecule has 0 aromatic rings. The highest BCUT2D eigenvalue weighted by Crippen LogP contribution is 2.24. The predicted octanol–water partition coefficient (Wildman–Crippen LogP) is 2.65. The van der Waals surface area contributed by atoms with Gasteiger partial charge < -0.3 is 8.85 Å². The van der Waals surface area contributed by atoms with E-state index in [9.17, 15) is 0 Å². The molecule has 0 aromatic heterocycles. The molecule has 1 unspecified atom stereocenters. The third-order valence-corrected chi connectivity index (χ3v) is 4.45. The number of rotatable bonds is 8. The van der Waals surface area contributed by atoms with Crippen molar-refractivity contribution < 1.29 is 8.85 Å². The topological polar surface area (TPSA) is 18.5 Å². The lowest BCUT2D eigenvalue weighted by atomic mass is 10.1. The molecule has 0 heterocycles. The van der Waals surface area contributed by atoms with E-state index < -0.39 is 9.28 Å². The van der Waals surface area contributed by atoms with Crippen LogP contribution in [0.25, 0.3) is 0 Å². The third-order valence-electron chi connectivity index (χ3n) is 2.08. The second-order valence-corrected chi connectivity index (χ2v) is 5.80. The standard InChI is InChI=1S/C9H21O2SSi/c1-4-6-9(7-5-8-12)13(10-2)11-3/h9,12H,4-8H2,1-3H3. The van der Waals surface area contributed by atoms with Crippen LogP contribution in [-0.2, 0) is 8.85 Å². The van der Waals surface area contributed by atoms with Crippen molar-refractivity contribution in [1.29, 1.82) is 0 Å². The summed E-state index contributed by atoms with van der Waals surface area (Å²) in [6, 6.07) is 0. The van der Waals surface area contributed by atoms with Crippen molar-refractivity contribution in [2.24, 2.45) is 0 Å². The van der Waals surface area contributed by atoms with Gasteiger partial charge in [0.05, 0.1) is 0 Å². The highest BCUT2D eigenvalue weighted by Gasteiger charge is 2.24. The minimum absolute atomic E-state index is 0.622. The largest absolute Gasteiger partial charge is 0.397 e. The summed E-state index contributed by atoms with van der Waals surface area (Å²) in [5, 5.41) is 0. The van der Waals surface area contributed by atoms with Crippen LogP contribution in [0.15, 0.2) is 0 Å². The molecule has 79 valence electrons. The average Bonchev–Trinajstić information content (AvgIpc) is 2.16. The summed E-state index contributed by atoms with van der Waals surface area (Å²) in [6.45, 7) is 2.21. The predicted molar refractivity (Wildman–Crippen MR) is 61.5 cm³/mol. The van der Waals surface area contributed by atoms with Crippen molar-refractivity contribution in [3.8, 4) is 0 Å². The molecule has 0 aliphatic heterocycles. The second kappa shape index (κ2) is 9.06. The third kappa shape index (κ3) is 5.73. The monoisotopic (exact) mass is 221 g/mol. The Labute approximate surface area is 89.3 Å². The summed E-state index contributed by atoms with van der Waals surface area (Å²) in [5.74, 6) is 0.961. The molecule has 0 amide bonds. The molecule has 0 aliphatic carbocycles. The van der Waals surface area contributed by atoms with Crippen molar-refractivity contribution in [1.82, 2.24) is 0 Å². The van der Waals surface area contributed by atoms with Crippen LogP contribution >= 0.6 is 12.6 Å². The van der Waals surface area contributed by atoms with Crippen molar-refractivity contribution in [2.45, 2.75) is 38.1 Å². The first kappa shape index (κ1) is 13.5. The quantitative estimate of drug-likeness (QED) is 0.502. The summed E-state index contributed by atoms with van der Waals surface area (Å²) >= 11 is 4.22. The van der Waals surface area contributed by atoms with E-state index in [0.717, 1.165) is 12.2 Å². The summed E-state index contributed by atoms with van der Waals surface area (Å²) in [7, 11) is 2.47. The van der Waals surface area contributed by atoms with E-state index in [4.69, 9.17) is 8.85 Å². The van der Waals surface area contributed by atoms with Crippen LogP contribution in [0.2, 0.25) is 5.54 Å². The first-order valence-electron chi connectivity index (χ1n) is 4.85. The molecule has 4 heteroatoms. The van der Waals surface area contributed by atoms with Crippen LogP contribution in [0.5, 0.6) is 0 Å². The van der Waals surface area contributed by atoms with E-state index in [1.807, 2.05) is 0 Å². The van der Waals surface area contributed by atoms with Crippen LogP contribution < -0.4 is 0 Å². The van der Waals surface area contributed by atoms with E-state index in [1.54, 1.807) is 14.2 Å². The Bertz CT molecular complexity index is 110. The fraction of sp³-hybridized carbons (Fsp3) is 1.00. The molecular weight excluding hydrogens is 200 g/mol. The van der Waals surface area contributed by atoms with E-state index >= 15 is 0 Å². The molecule has 0 aliphatic rings. The summed E-state index contributed by atoms with van der Waals surface area (Å²) in [6.07, 6.45) is 4.77. The van der Waals surface area contributed by atoms with E-state index in [-0.39, 0.29) is 0 Å². The molecule has 13 heavy (non-hydrogen) atoms. The Balaban J connectivity index is 3.88. The lowest BCUT2D eigenvalue weighted by Crippen LogP contribution is -2.26. The molecule has 2 nitrogen and oxygen atoms in total. The van der Waals surface area contributed by atoms with Crippen LogP contribution in [-0.4, -0.2) is 29.3 Å². The summed E-state index contributed by atoms with van der Waals surface area (Å²) in [5.41, 5.74) is 0.622. The molecule has 0 saturated carbocycles. The molecule has 0 N–H and O–H groups in total.